The van der Waals surface area contributed by atoms with E-state index in [0.29, 0.717) is 13.5 Å². The Hall–Kier alpha value is -1.51. The minimum atomic E-state index is -0.340. The first-order chi connectivity index (χ1) is 11.5. The fourth-order valence-corrected chi connectivity index (χ4v) is 3.77. The van der Waals surface area contributed by atoms with Gasteiger partial charge in [0.05, 0.1) is 15.0 Å². The molecule has 2 aromatic rings. The number of imide groups is 1. The van der Waals surface area contributed by atoms with Crippen molar-refractivity contribution in [2.75, 3.05) is 0 Å². The number of hydrogen-bond donors (Lipinski definition) is 1. The summed E-state index contributed by atoms with van der Waals surface area (Å²) < 4.78 is 0.677. The first-order valence-electron chi connectivity index (χ1n) is 6.93. The Morgan fingerprint density at radius 1 is 1.21 bits per heavy atom. The zero-order valence-corrected chi connectivity index (χ0v) is 15.9. The van der Waals surface area contributed by atoms with Crippen LogP contribution in [-0.2, 0) is 11.3 Å². The fraction of sp³-hybridized carbons (Fsp3) is 0.0588. The predicted molar refractivity (Wildman–Crippen MR) is 104 cm³/mol. The maximum Gasteiger partial charge on any atom is 0.293 e. The molecule has 1 saturated heterocycles. The number of thioether (sulfide) groups is 1. The van der Waals surface area contributed by atoms with Gasteiger partial charge in [0, 0.05) is 5.02 Å². The van der Waals surface area contributed by atoms with Crippen LogP contribution in [0, 0.1) is 3.57 Å². The molecule has 1 fully saturated rings. The second-order valence-corrected chi connectivity index (χ2v) is 7.63. The topological polar surface area (TPSA) is 57.6 Å². The SMILES string of the molecule is O=C1S/C(=C\c2ccc(O)c(I)c2)C(=O)N1Cc1ccccc1Cl. The molecule has 122 valence electrons. The predicted octanol–water partition coefficient (Wildman–Crippen LogP) is 4.89. The lowest BCUT2D eigenvalue weighted by molar-refractivity contribution is -0.123. The van der Waals surface area contributed by atoms with Crippen molar-refractivity contribution in [1.82, 2.24) is 4.90 Å². The second-order valence-electron chi connectivity index (χ2n) is 5.07. The van der Waals surface area contributed by atoms with E-state index in [0.717, 1.165) is 22.9 Å². The van der Waals surface area contributed by atoms with Gasteiger partial charge >= 0.3 is 0 Å². The first kappa shape index (κ1) is 17.3. The van der Waals surface area contributed by atoms with Crippen molar-refractivity contribution in [3.05, 3.63) is 67.1 Å². The van der Waals surface area contributed by atoms with Gasteiger partial charge < -0.3 is 5.11 Å². The summed E-state index contributed by atoms with van der Waals surface area (Å²) in [5.74, 6) is -0.160. The van der Waals surface area contributed by atoms with Gasteiger partial charge in [-0.2, -0.15) is 0 Å². The van der Waals surface area contributed by atoms with E-state index in [-0.39, 0.29) is 23.4 Å². The molecule has 1 aliphatic rings. The van der Waals surface area contributed by atoms with Gasteiger partial charge in [0.15, 0.2) is 0 Å². The molecule has 1 N–H and O–H groups in total. The molecule has 2 amide bonds. The highest BCUT2D eigenvalue weighted by atomic mass is 127. The largest absolute Gasteiger partial charge is 0.507 e. The average Bonchev–Trinajstić information content (AvgIpc) is 2.80. The van der Waals surface area contributed by atoms with Crippen LogP contribution >= 0.6 is 46.0 Å². The lowest BCUT2D eigenvalue weighted by atomic mass is 10.2. The highest BCUT2D eigenvalue weighted by Gasteiger charge is 2.35. The second kappa shape index (κ2) is 7.16. The lowest BCUT2D eigenvalue weighted by Crippen LogP contribution is -2.27. The summed E-state index contributed by atoms with van der Waals surface area (Å²) in [6.45, 7) is 0.148. The summed E-state index contributed by atoms with van der Waals surface area (Å²) in [6.07, 6.45) is 1.65. The Labute approximate surface area is 161 Å². The van der Waals surface area contributed by atoms with Gasteiger partial charge in [-0.05, 0) is 69.8 Å². The number of hydrogen-bond acceptors (Lipinski definition) is 4. The molecule has 24 heavy (non-hydrogen) atoms. The fourth-order valence-electron chi connectivity index (χ4n) is 2.20. The molecule has 0 saturated carbocycles. The number of phenolic OH excluding ortho intramolecular Hbond substituents is 1. The molecule has 1 aliphatic heterocycles. The molecule has 0 spiro atoms. The summed E-state index contributed by atoms with van der Waals surface area (Å²) in [6, 6.07) is 12.1. The van der Waals surface area contributed by atoms with Crippen molar-refractivity contribution in [2.24, 2.45) is 0 Å². The van der Waals surface area contributed by atoms with Crippen LogP contribution in [0.25, 0.3) is 6.08 Å². The van der Waals surface area contributed by atoms with Gasteiger partial charge in [0.1, 0.15) is 5.75 Å². The summed E-state index contributed by atoms with van der Waals surface area (Å²) >= 11 is 9.01. The lowest BCUT2D eigenvalue weighted by Gasteiger charge is -2.13. The molecule has 2 aromatic carbocycles. The molecule has 7 heteroatoms. The molecule has 3 rings (SSSR count). The Morgan fingerprint density at radius 2 is 1.96 bits per heavy atom. The number of nitrogens with zero attached hydrogens (tertiary/aromatic N) is 1. The van der Waals surface area contributed by atoms with E-state index in [9.17, 15) is 14.7 Å². The van der Waals surface area contributed by atoms with E-state index in [1.807, 2.05) is 28.7 Å². The highest BCUT2D eigenvalue weighted by Crippen LogP contribution is 2.34. The molecule has 0 unspecified atom stereocenters. The van der Waals surface area contributed by atoms with E-state index in [1.54, 1.807) is 42.5 Å². The van der Waals surface area contributed by atoms with Gasteiger partial charge in [-0.1, -0.05) is 35.9 Å². The number of aromatic hydroxyl groups is 1. The van der Waals surface area contributed by atoms with Crippen LogP contribution in [0.15, 0.2) is 47.4 Å². The molecule has 0 aliphatic carbocycles. The van der Waals surface area contributed by atoms with Crippen LogP contribution < -0.4 is 0 Å². The van der Waals surface area contributed by atoms with Crippen LogP contribution in [-0.4, -0.2) is 21.2 Å². The van der Waals surface area contributed by atoms with Crippen molar-refractivity contribution >= 4 is 63.2 Å². The van der Waals surface area contributed by atoms with E-state index >= 15 is 0 Å². The Morgan fingerprint density at radius 3 is 2.67 bits per heavy atom. The van der Waals surface area contributed by atoms with Gasteiger partial charge in [-0.25, -0.2) is 0 Å². The van der Waals surface area contributed by atoms with Crippen molar-refractivity contribution in [2.45, 2.75) is 6.54 Å². The quantitative estimate of drug-likeness (QED) is 0.512. The summed E-state index contributed by atoms with van der Waals surface area (Å²) in [4.78, 5) is 26.2. The molecule has 4 nitrogen and oxygen atoms in total. The number of halogens is 2. The number of benzene rings is 2. The first-order valence-corrected chi connectivity index (χ1v) is 9.20. The van der Waals surface area contributed by atoms with Crippen molar-refractivity contribution in [3.8, 4) is 5.75 Å². The molecule has 0 radical (unpaired) electrons. The Balaban J connectivity index is 1.84. The van der Waals surface area contributed by atoms with E-state index in [2.05, 4.69) is 0 Å². The monoisotopic (exact) mass is 471 g/mol. The number of carbonyl (C=O) groups is 2. The summed E-state index contributed by atoms with van der Waals surface area (Å²) in [5, 5.41) is 9.76. The van der Waals surface area contributed by atoms with Gasteiger partial charge in [-0.3, -0.25) is 14.5 Å². The van der Waals surface area contributed by atoms with Crippen molar-refractivity contribution < 1.29 is 14.7 Å². The molecular weight excluding hydrogens is 461 g/mol. The van der Waals surface area contributed by atoms with Crippen LogP contribution in [0.5, 0.6) is 5.75 Å². The van der Waals surface area contributed by atoms with E-state index in [4.69, 9.17) is 11.6 Å². The molecule has 0 bridgehead atoms. The maximum absolute atomic E-state index is 12.5. The highest BCUT2D eigenvalue weighted by molar-refractivity contribution is 14.1. The Bertz CT molecular complexity index is 869. The smallest absolute Gasteiger partial charge is 0.293 e. The van der Waals surface area contributed by atoms with Crippen LogP contribution in [0.3, 0.4) is 0 Å². The minimum absolute atomic E-state index is 0.148. The zero-order chi connectivity index (χ0) is 17.3. The van der Waals surface area contributed by atoms with E-state index < -0.39 is 0 Å². The third-order valence-corrected chi connectivity index (χ3v) is 5.57. The van der Waals surface area contributed by atoms with Crippen LogP contribution in [0.2, 0.25) is 5.02 Å². The summed E-state index contributed by atoms with van der Waals surface area (Å²) in [7, 11) is 0. The minimum Gasteiger partial charge on any atom is -0.507 e. The molecule has 0 atom stereocenters. The van der Waals surface area contributed by atoms with Crippen molar-refractivity contribution in [3.63, 3.8) is 0 Å². The third-order valence-electron chi connectivity index (χ3n) is 3.43. The molecular formula is C17H11ClINO3S. The third kappa shape index (κ3) is 3.60. The average molecular weight is 472 g/mol. The number of carbonyl (C=O) groups excluding carboxylic acids is 2. The van der Waals surface area contributed by atoms with E-state index in [1.165, 1.54) is 4.90 Å². The normalized spacial score (nSPS) is 16.2. The zero-order valence-electron chi connectivity index (χ0n) is 12.2. The van der Waals surface area contributed by atoms with Gasteiger partial charge in [-0.15, -0.1) is 0 Å². The van der Waals surface area contributed by atoms with Crippen LogP contribution in [0.1, 0.15) is 11.1 Å². The number of amides is 2. The Kier molecular flexibility index (Phi) is 5.17. The van der Waals surface area contributed by atoms with Crippen LogP contribution in [0.4, 0.5) is 4.79 Å². The number of rotatable bonds is 3. The number of phenols is 1. The standard InChI is InChI=1S/C17H11ClINO3S/c18-12-4-2-1-3-11(12)9-20-16(22)15(24-17(20)23)8-10-5-6-14(21)13(19)7-10/h1-8,21H,9H2/b15-8-. The van der Waals surface area contributed by atoms with Crippen molar-refractivity contribution in [1.29, 1.82) is 0 Å². The van der Waals surface area contributed by atoms with Gasteiger partial charge in [0.25, 0.3) is 11.1 Å². The van der Waals surface area contributed by atoms with Gasteiger partial charge in [0.2, 0.25) is 0 Å². The molecule has 1 heterocycles. The summed E-state index contributed by atoms with van der Waals surface area (Å²) in [5.41, 5.74) is 1.47. The maximum atomic E-state index is 12.5. The molecule has 0 aromatic heterocycles.